The van der Waals surface area contributed by atoms with Gasteiger partial charge in [0.1, 0.15) is 11.3 Å². The molecule has 0 aliphatic heterocycles. The Morgan fingerprint density at radius 2 is 0.982 bits per heavy atom. The van der Waals surface area contributed by atoms with E-state index in [-0.39, 0.29) is 33.1 Å². The van der Waals surface area contributed by atoms with Crippen molar-refractivity contribution in [3.63, 3.8) is 0 Å². The van der Waals surface area contributed by atoms with E-state index in [1.54, 1.807) is 24.5 Å². The normalized spacial score (nSPS) is 15.3. The van der Waals surface area contributed by atoms with Crippen molar-refractivity contribution in [1.29, 1.82) is 0 Å². The van der Waals surface area contributed by atoms with Crippen LogP contribution in [0.1, 0.15) is 19.2 Å². The summed E-state index contributed by atoms with van der Waals surface area (Å²) in [4.78, 5) is 19.6. The van der Waals surface area contributed by atoms with Crippen molar-refractivity contribution in [3.05, 3.63) is 188 Å². The lowest BCUT2D eigenvalue weighted by Crippen LogP contribution is -2.08. The van der Waals surface area contributed by atoms with Crippen LogP contribution in [0.2, 0.25) is 0 Å². The van der Waals surface area contributed by atoms with Crippen LogP contribution in [0, 0.1) is 0 Å². The van der Waals surface area contributed by atoms with Gasteiger partial charge in [0.05, 0.1) is 64.0 Å². The fraction of sp³-hybridized carbons (Fsp3) is 0. The average Bonchev–Trinajstić information content (AvgIpc) is 4.04. The Labute approximate surface area is 346 Å². The van der Waals surface area contributed by atoms with Crippen LogP contribution in [0.4, 0.5) is 0 Å². The second kappa shape index (κ2) is 12.3. The van der Waals surface area contributed by atoms with Gasteiger partial charge in [0, 0.05) is 55.8 Å². The number of hydrogen-bond acceptors (Lipinski definition) is 4. The summed E-state index contributed by atoms with van der Waals surface area (Å²) in [7, 11) is 0. The first-order valence-electron chi connectivity index (χ1n) is 24.9. The highest BCUT2D eigenvalue weighted by Crippen LogP contribution is 2.42. The largest absolute Gasteiger partial charge is 0.292 e. The van der Waals surface area contributed by atoms with E-state index in [0.717, 1.165) is 31.6 Å². The molecule has 0 radical (unpaired) electrons. The molecule has 0 unspecified atom stereocenters. The highest BCUT2D eigenvalue weighted by Gasteiger charge is 2.25. The smallest absolute Gasteiger partial charge is 0.235 e. The number of benzene rings is 6. The molecule has 266 valence electrons. The zero-order chi connectivity index (χ0) is 49.6. The number of nitrogens with zero attached hydrogens (tertiary/aromatic N) is 7. The molecular formula is C50H31N7. The fourth-order valence-corrected chi connectivity index (χ4v) is 7.93. The van der Waals surface area contributed by atoms with Crippen LogP contribution in [0.25, 0.3) is 106 Å². The van der Waals surface area contributed by atoms with Crippen LogP contribution < -0.4 is 0 Å². The van der Waals surface area contributed by atoms with Crippen molar-refractivity contribution in [2.45, 2.75) is 0 Å². The van der Waals surface area contributed by atoms with E-state index in [4.69, 9.17) is 35.0 Å². The number of hydrogen-bond donors (Lipinski definition) is 0. The summed E-state index contributed by atoms with van der Waals surface area (Å²) in [6, 6.07) is 19.1. The molecule has 12 aromatic rings. The molecule has 57 heavy (non-hydrogen) atoms. The third-order valence-electron chi connectivity index (χ3n) is 10.2. The Bertz CT molecular complexity index is 4160. The van der Waals surface area contributed by atoms with Crippen LogP contribution >= 0.6 is 0 Å². The van der Waals surface area contributed by atoms with Crippen LogP contribution in [-0.2, 0) is 0 Å². The maximum absolute atomic E-state index is 10.1. The SMILES string of the molecule is [2H]c1c(-c2cccc(-n3c4ccccc4c4cccnc43)c2-n2c3ccccc3c3cccnc32)nc(-n2c3c([2H])c([2H])c([2H])c([2H])c3c3c([2H])c([2H])c([2H])c([2H])c32)nc1-c1c([2H])c([2H])c([2H])c([2H])c1[2H]. The maximum Gasteiger partial charge on any atom is 0.235 e. The number of pyridine rings is 2. The third-order valence-corrected chi connectivity index (χ3v) is 10.2. The molecule has 0 fully saturated rings. The Balaban J connectivity index is 1.33. The number of aromatic nitrogens is 7. The summed E-state index contributed by atoms with van der Waals surface area (Å²) in [6.45, 7) is 0. The molecule has 6 aromatic carbocycles. The summed E-state index contributed by atoms with van der Waals surface area (Å²) < 4.78 is 131. The highest BCUT2D eigenvalue weighted by atomic mass is 15.2. The van der Waals surface area contributed by atoms with E-state index in [1.807, 2.05) is 88.0 Å². The first kappa shape index (κ1) is 20.7. The van der Waals surface area contributed by atoms with Gasteiger partial charge in [-0.05, 0) is 60.6 Å². The van der Waals surface area contributed by atoms with E-state index < -0.39 is 102 Å². The number of para-hydroxylation sites is 5. The van der Waals surface area contributed by atoms with Gasteiger partial charge < -0.3 is 0 Å². The van der Waals surface area contributed by atoms with Gasteiger partial charge in [-0.15, -0.1) is 0 Å². The first-order chi connectivity index (χ1) is 34.1. The molecule has 12 rings (SSSR count). The second-order valence-electron chi connectivity index (χ2n) is 13.3. The lowest BCUT2D eigenvalue weighted by molar-refractivity contribution is 0.992. The molecule has 0 aliphatic rings. The summed E-state index contributed by atoms with van der Waals surface area (Å²) in [5.41, 5.74) is 1.92. The van der Waals surface area contributed by atoms with Gasteiger partial charge in [0.25, 0.3) is 0 Å². The van der Waals surface area contributed by atoms with Crippen LogP contribution in [-0.4, -0.2) is 33.6 Å². The van der Waals surface area contributed by atoms with Gasteiger partial charge in [0.15, 0.2) is 0 Å². The zero-order valence-corrected chi connectivity index (χ0v) is 29.4. The van der Waals surface area contributed by atoms with Crippen molar-refractivity contribution < 1.29 is 19.2 Å². The summed E-state index contributed by atoms with van der Waals surface area (Å²) in [5.74, 6) is -0.497. The van der Waals surface area contributed by atoms with E-state index in [2.05, 4.69) is 0 Å². The van der Waals surface area contributed by atoms with Crippen LogP contribution in [0.15, 0.2) is 188 Å². The Morgan fingerprint density at radius 3 is 1.67 bits per heavy atom. The standard InChI is InChI=1S/C50H31N7/c1-2-15-32(16-3-1)40-31-41(54-50(53-40)56-43-25-9-4-17-33(43)34-18-5-10-26-44(34)56)39-21-12-28-46(55-42-24-8-6-19-35(42)37-22-13-29-51-48(37)55)47(39)57-45-27-11-7-20-36(45)38-23-14-30-52-49(38)57/h1-31H/i1D,2D,3D,4D,5D,9D,10D,15D,16D,17D,18D,25D,26D,31D. The Kier molecular flexibility index (Phi) is 4.47. The van der Waals surface area contributed by atoms with Crippen molar-refractivity contribution >= 4 is 65.7 Å². The fourth-order valence-electron chi connectivity index (χ4n) is 7.93. The minimum absolute atomic E-state index is 0.194. The number of rotatable bonds is 5. The van der Waals surface area contributed by atoms with Crippen molar-refractivity contribution in [1.82, 2.24) is 33.6 Å². The minimum atomic E-state index is -0.722. The maximum atomic E-state index is 10.1. The third kappa shape index (κ3) is 4.66. The van der Waals surface area contributed by atoms with Gasteiger partial charge in [-0.2, -0.15) is 0 Å². The van der Waals surface area contributed by atoms with Crippen molar-refractivity contribution in [2.24, 2.45) is 0 Å². The van der Waals surface area contributed by atoms with Crippen LogP contribution in [0.3, 0.4) is 0 Å². The average molecular weight is 744 g/mol. The summed E-state index contributed by atoms with van der Waals surface area (Å²) in [6.07, 6.45) is 3.34. The quantitative estimate of drug-likeness (QED) is 0.176. The highest BCUT2D eigenvalue weighted by molar-refractivity contribution is 6.11. The lowest BCUT2D eigenvalue weighted by Gasteiger charge is -2.20. The molecular weight excluding hydrogens is 699 g/mol. The number of fused-ring (bicyclic) bond motifs is 9. The summed E-state index contributed by atoms with van der Waals surface area (Å²) in [5, 5.41) is 2.82. The van der Waals surface area contributed by atoms with Crippen molar-refractivity contribution in [2.75, 3.05) is 0 Å². The molecule has 6 heterocycles. The molecule has 0 amide bonds. The van der Waals surface area contributed by atoms with Crippen LogP contribution in [0.5, 0.6) is 0 Å². The molecule has 7 heteroatoms. The monoisotopic (exact) mass is 743 g/mol. The molecule has 6 aromatic heterocycles. The molecule has 0 spiro atoms. The van der Waals surface area contributed by atoms with Gasteiger partial charge in [0.2, 0.25) is 5.95 Å². The Morgan fingerprint density at radius 1 is 0.421 bits per heavy atom. The zero-order valence-electron chi connectivity index (χ0n) is 43.4. The lowest BCUT2D eigenvalue weighted by atomic mass is 10.0. The van der Waals surface area contributed by atoms with Gasteiger partial charge in [-0.1, -0.05) is 115 Å². The van der Waals surface area contributed by atoms with E-state index >= 15 is 0 Å². The van der Waals surface area contributed by atoms with Gasteiger partial charge in [-0.25, -0.2) is 19.9 Å². The minimum Gasteiger partial charge on any atom is -0.292 e. The molecule has 0 saturated heterocycles. The molecule has 0 atom stereocenters. The van der Waals surface area contributed by atoms with Gasteiger partial charge >= 0.3 is 0 Å². The summed E-state index contributed by atoms with van der Waals surface area (Å²) >= 11 is 0. The Hall–Kier alpha value is -7.90. The first-order valence-corrected chi connectivity index (χ1v) is 17.9. The van der Waals surface area contributed by atoms with Gasteiger partial charge in [-0.3, -0.25) is 13.7 Å². The topological polar surface area (TPSA) is 66.3 Å². The van der Waals surface area contributed by atoms with E-state index in [9.17, 15) is 4.11 Å². The van der Waals surface area contributed by atoms with Crippen molar-refractivity contribution in [3.8, 4) is 39.8 Å². The predicted molar refractivity (Wildman–Crippen MR) is 232 cm³/mol. The molecule has 7 nitrogen and oxygen atoms in total. The molecule has 0 bridgehead atoms. The van der Waals surface area contributed by atoms with E-state index in [0.29, 0.717) is 28.2 Å². The molecule has 0 N–H and O–H groups in total. The predicted octanol–water partition coefficient (Wildman–Crippen LogP) is 11.9. The second-order valence-corrected chi connectivity index (χ2v) is 13.3. The molecule has 0 saturated carbocycles. The molecule has 0 aliphatic carbocycles. The van der Waals surface area contributed by atoms with E-state index in [1.165, 1.54) is 0 Å².